The first-order valence-electron chi connectivity index (χ1n) is 10.2. The van der Waals surface area contributed by atoms with E-state index < -0.39 is 23.8 Å². The largest absolute Gasteiger partial charge is 0.497 e. The van der Waals surface area contributed by atoms with Gasteiger partial charge in [0.05, 0.1) is 31.5 Å². The monoisotopic (exact) mass is 535 g/mol. The lowest BCUT2D eigenvalue weighted by Crippen LogP contribution is -2.43. The van der Waals surface area contributed by atoms with Gasteiger partial charge in [0.25, 0.3) is 11.8 Å². The van der Waals surface area contributed by atoms with Crippen LogP contribution < -0.4 is 25.0 Å². The highest BCUT2D eigenvalue weighted by atomic mass is 79.9. The summed E-state index contributed by atoms with van der Waals surface area (Å²) in [6.45, 7) is 3.23. The highest BCUT2D eigenvalue weighted by Gasteiger charge is 2.17. The van der Waals surface area contributed by atoms with E-state index in [9.17, 15) is 14.4 Å². The Morgan fingerprint density at radius 2 is 1.82 bits per heavy atom. The molecule has 34 heavy (non-hydrogen) atoms. The van der Waals surface area contributed by atoms with Gasteiger partial charge in [0.2, 0.25) is 0 Å². The Morgan fingerprint density at radius 1 is 1.12 bits per heavy atom. The van der Waals surface area contributed by atoms with Crippen LogP contribution in [0.3, 0.4) is 0 Å². The normalized spacial score (nSPS) is 11.4. The van der Waals surface area contributed by atoms with Crippen LogP contribution in [0.1, 0.15) is 29.8 Å². The second kappa shape index (κ2) is 13.2. The van der Waals surface area contributed by atoms with Crippen molar-refractivity contribution in [1.82, 2.24) is 10.7 Å². The zero-order chi connectivity index (χ0) is 25.1. The van der Waals surface area contributed by atoms with Gasteiger partial charge >= 0.3 is 5.97 Å². The third kappa shape index (κ3) is 7.77. The Labute approximate surface area is 205 Å². The third-order valence-electron chi connectivity index (χ3n) is 4.37. The number of benzene rings is 2. The van der Waals surface area contributed by atoms with Crippen molar-refractivity contribution in [3.05, 3.63) is 52.0 Å². The molecule has 0 spiro atoms. The van der Waals surface area contributed by atoms with E-state index in [1.165, 1.54) is 20.4 Å². The lowest BCUT2D eigenvalue weighted by Gasteiger charge is -2.13. The summed E-state index contributed by atoms with van der Waals surface area (Å²) < 4.78 is 21.2. The summed E-state index contributed by atoms with van der Waals surface area (Å²) in [4.78, 5) is 36.1. The number of amides is 2. The standard InChI is InChI=1S/C23H26BrN3O7/c1-5-33-20(28)13-34-21-18(24)10-15(11-19(21)32-4)12-25-27-22(29)14(2)26-23(30)16-6-8-17(31-3)9-7-16/h6-12,14H,5,13H2,1-4H3,(H,26,30)(H,27,29). The molecule has 2 N–H and O–H groups in total. The van der Waals surface area contributed by atoms with Crippen molar-refractivity contribution in [2.24, 2.45) is 5.10 Å². The molecular formula is C23H26BrN3O7. The van der Waals surface area contributed by atoms with Crippen LogP contribution in [0.4, 0.5) is 0 Å². The Bertz CT molecular complexity index is 1040. The highest BCUT2D eigenvalue weighted by molar-refractivity contribution is 9.10. The van der Waals surface area contributed by atoms with Gasteiger partial charge in [-0.15, -0.1) is 0 Å². The van der Waals surface area contributed by atoms with Crippen molar-refractivity contribution in [1.29, 1.82) is 0 Å². The van der Waals surface area contributed by atoms with Crippen LogP contribution in [0.5, 0.6) is 17.2 Å². The number of hydrogen-bond donors (Lipinski definition) is 2. The van der Waals surface area contributed by atoms with Crippen molar-refractivity contribution in [3.8, 4) is 17.2 Å². The Morgan fingerprint density at radius 3 is 2.44 bits per heavy atom. The average molecular weight is 536 g/mol. The predicted molar refractivity (Wildman–Crippen MR) is 128 cm³/mol. The van der Waals surface area contributed by atoms with Crippen molar-refractivity contribution in [2.75, 3.05) is 27.4 Å². The number of hydrazone groups is 1. The molecule has 10 nitrogen and oxygen atoms in total. The molecule has 11 heteroatoms. The minimum atomic E-state index is -0.827. The van der Waals surface area contributed by atoms with Gasteiger partial charge in [0.15, 0.2) is 18.1 Å². The minimum absolute atomic E-state index is 0.255. The fourth-order valence-corrected chi connectivity index (χ4v) is 3.22. The quantitative estimate of drug-likeness (QED) is 0.257. The molecule has 0 saturated heterocycles. The molecule has 182 valence electrons. The second-order valence-corrected chi connectivity index (χ2v) is 7.64. The van der Waals surface area contributed by atoms with Crippen LogP contribution in [0.15, 0.2) is 46.0 Å². The average Bonchev–Trinajstić information content (AvgIpc) is 2.83. The van der Waals surface area contributed by atoms with Crippen molar-refractivity contribution in [3.63, 3.8) is 0 Å². The number of carbonyl (C=O) groups excluding carboxylic acids is 3. The SMILES string of the molecule is CCOC(=O)COc1c(Br)cc(C=NNC(=O)C(C)NC(=O)c2ccc(OC)cc2)cc1OC. The summed E-state index contributed by atoms with van der Waals surface area (Å²) in [7, 11) is 2.99. The van der Waals surface area contributed by atoms with Crippen LogP contribution in [0.25, 0.3) is 0 Å². The second-order valence-electron chi connectivity index (χ2n) is 6.79. The van der Waals surface area contributed by atoms with Crippen LogP contribution in [0.2, 0.25) is 0 Å². The maximum absolute atomic E-state index is 12.3. The first-order valence-corrected chi connectivity index (χ1v) is 11.0. The topological polar surface area (TPSA) is 125 Å². The third-order valence-corrected chi connectivity index (χ3v) is 4.96. The van der Waals surface area contributed by atoms with Crippen molar-refractivity contribution in [2.45, 2.75) is 19.9 Å². The van der Waals surface area contributed by atoms with Crippen molar-refractivity contribution >= 4 is 39.9 Å². The number of rotatable bonds is 11. The molecule has 0 fully saturated rings. The fourth-order valence-electron chi connectivity index (χ4n) is 2.64. The molecule has 1 unspecified atom stereocenters. The molecule has 0 saturated carbocycles. The molecule has 0 bridgehead atoms. The Balaban J connectivity index is 1.96. The number of halogens is 1. The number of nitrogens with one attached hydrogen (secondary N) is 2. The zero-order valence-corrected chi connectivity index (χ0v) is 20.8. The molecule has 2 aromatic carbocycles. The van der Waals surface area contributed by atoms with Gasteiger partial charge in [0.1, 0.15) is 11.8 Å². The Hall–Kier alpha value is -3.60. The van der Waals surface area contributed by atoms with E-state index in [1.807, 2.05) is 0 Å². The smallest absolute Gasteiger partial charge is 0.344 e. The van der Waals surface area contributed by atoms with Gasteiger partial charge in [-0.2, -0.15) is 5.10 Å². The molecule has 0 aliphatic carbocycles. The van der Waals surface area contributed by atoms with E-state index in [1.54, 1.807) is 50.2 Å². The van der Waals surface area contributed by atoms with E-state index in [-0.39, 0.29) is 13.2 Å². The summed E-state index contributed by atoms with van der Waals surface area (Å²) >= 11 is 3.37. The summed E-state index contributed by atoms with van der Waals surface area (Å²) in [6.07, 6.45) is 1.40. The van der Waals surface area contributed by atoms with Gasteiger partial charge in [-0.1, -0.05) is 0 Å². The lowest BCUT2D eigenvalue weighted by atomic mass is 10.2. The molecule has 2 rings (SSSR count). The van der Waals surface area contributed by atoms with Crippen LogP contribution in [-0.2, 0) is 14.3 Å². The fraction of sp³-hybridized carbons (Fsp3) is 0.304. The lowest BCUT2D eigenvalue weighted by molar-refractivity contribution is -0.145. The van der Waals surface area contributed by atoms with Gasteiger partial charge in [-0.05, 0) is 71.7 Å². The van der Waals surface area contributed by atoms with E-state index in [0.29, 0.717) is 32.8 Å². The molecular weight excluding hydrogens is 510 g/mol. The maximum Gasteiger partial charge on any atom is 0.344 e. The molecule has 1 atom stereocenters. The first-order chi connectivity index (χ1) is 16.3. The van der Waals surface area contributed by atoms with Crippen LogP contribution in [-0.4, -0.2) is 57.5 Å². The molecule has 0 aliphatic heterocycles. The number of nitrogens with zero attached hydrogens (tertiary/aromatic N) is 1. The molecule has 0 radical (unpaired) electrons. The summed E-state index contributed by atoms with van der Waals surface area (Å²) in [6, 6.07) is 8.98. The Kier molecular flexibility index (Phi) is 10.3. The number of methoxy groups -OCH3 is 2. The predicted octanol–water partition coefficient (Wildman–Crippen LogP) is 2.68. The van der Waals surface area contributed by atoms with E-state index in [2.05, 4.69) is 31.8 Å². The van der Waals surface area contributed by atoms with E-state index >= 15 is 0 Å². The summed E-state index contributed by atoms with van der Waals surface area (Å²) in [5, 5.41) is 6.53. The first kappa shape index (κ1) is 26.7. The van der Waals surface area contributed by atoms with Gasteiger partial charge in [-0.25, -0.2) is 10.2 Å². The minimum Gasteiger partial charge on any atom is -0.497 e. The number of hydrogen-bond acceptors (Lipinski definition) is 8. The van der Waals surface area contributed by atoms with Crippen LogP contribution >= 0.6 is 15.9 Å². The summed E-state index contributed by atoms with van der Waals surface area (Å²) in [5.74, 6) is -0.102. The summed E-state index contributed by atoms with van der Waals surface area (Å²) in [5.41, 5.74) is 3.36. The molecule has 0 heterocycles. The van der Waals surface area contributed by atoms with E-state index in [4.69, 9.17) is 18.9 Å². The molecule has 0 aliphatic rings. The molecule has 2 aromatic rings. The van der Waals surface area contributed by atoms with Crippen LogP contribution in [0, 0.1) is 0 Å². The molecule has 2 amide bonds. The number of ether oxygens (including phenoxy) is 4. The number of carbonyl (C=O) groups is 3. The van der Waals surface area contributed by atoms with Gasteiger partial charge < -0.3 is 24.3 Å². The maximum atomic E-state index is 12.3. The highest BCUT2D eigenvalue weighted by Crippen LogP contribution is 2.36. The number of esters is 1. The van der Waals surface area contributed by atoms with Gasteiger partial charge in [-0.3, -0.25) is 9.59 Å². The van der Waals surface area contributed by atoms with E-state index in [0.717, 1.165) is 0 Å². The zero-order valence-electron chi connectivity index (χ0n) is 19.2. The van der Waals surface area contributed by atoms with Gasteiger partial charge in [0, 0.05) is 5.56 Å². The molecule has 0 aromatic heterocycles. The van der Waals surface area contributed by atoms with Crippen molar-refractivity contribution < 1.29 is 33.3 Å².